The lowest BCUT2D eigenvalue weighted by molar-refractivity contribution is -0.126. The van der Waals surface area contributed by atoms with Crippen molar-refractivity contribution >= 4 is 23.3 Å². The first-order chi connectivity index (χ1) is 20.4. The molecule has 3 aliphatic rings. The van der Waals surface area contributed by atoms with Crippen molar-refractivity contribution < 1.29 is 28.5 Å². The van der Waals surface area contributed by atoms with Crippen LogP contribution in [-0.2, 0) is 4.79 Å². The molecule has 0 aliphatic carbocycles. The molecule has 3 atom stereocenters. The van der Waals surface area contributed by atoms with Crippen molar-refractivity contribution in [3.8, 4) is 23.1 Å². The third-order valence-corrected chi connectivity index (χ3v) is 8.20. The minimum absolute atomic E-state index is 0.0552. The number of nitrogens with one attached hydrogen (secondary N) is 1. The average Bonchev–Trinajstić information content (AvgIpc) is 3.71. The van der Waals surface area contributed by atoms with Gasteiger partial charge in [0.25, 0.3) is 0 Å². The van der Waals surface area contributed by atoms with E-state index in [2.05, 4.69) is 20.1 Å². The van der Waals surface area contributed by atoms with E-state index < -0.39 is 18.0 Å². The van der Waals surface area contributed by atoms with Crippen LogP contribution in [-0.4, -0.2) is 72.9 Å². The van der Waals surface area contributed by atoms with Crippen molar-refractivity contribution in [2.24, 2.45) is 5.92 Å². The summed E-state index contributed by atoms with van der Waals surface area (Å²) in [6.45, 7) is 3.97. The molecule has 11 heteroatoms. The molecule has 1 aromatic heterocycles. The van der Waals surface area contributed by atoms with Crippen LogP contribution >= 0.6 is 11.6 Å². The predicted octanol–water partition coefficient (Wildman–Crippen LogP) is 4.58. The number of hydrogen-bond acceptors (Lipinski definition) is 8. The Morgan fingerprint density at radius 2 is 1.90 bits per heavy atom. The number of carbonyl (C=O) groups is 1. The summed E-state index contributed by atoms with van der Waals surface area (Å²) < 4.78 is 31.6. The van der Waals surface area contributed by atoms with E-state index in [1.165, 1.54) is 6.07 Å². The van der Waals surface area contributed by atoms with Crippen LogP contribution in [0.25, 0.3) is 0 Å². The second-order valence-corrected chi connectivity index (χ2v) is 11.4. The minimum atomic E-state index is -1.12. The highest BCUT2D eigenvalue weighted by Crippen LogP contribution is 2.37. The van der Waals surface area contributed by atoms with E-state index in [1.54, 1.807) is 36.4 Å². The van der Waals surface area contributed by atoms with E-state index in [4.69, 9.17) is 25.8 Å². The van der Waals surface area contributed by atoms with E-state index >= 15 is 0 Å². The summed E-state index contributed by atoms with van der Waals surface area (Å²) in [6.07, 6.45) is 1.66. The molecule has 1 amide bonds. The molecule has 222 valence electrons. The first-order valence-corrected chi connectivity index (χ1v) is 14.8. The number of hydrogen-bond donors (Lipinski definition) is 2. The molecular formula is C31H34ClFN4O5. The third kappa shape index (κ3) is 6.56. The molecule has 2 fully saturated rings. The number of amides is 1. The zero-order valence-electron chi connectivity index (χ0n) is 23.2. The monoisotopic (exact) mass is 596 g/mol. The molecule has 3 unspecified atom stereocenters. The van der Waals surface area contributed by atoms with E-state index in [-0.39, 0.29) is 29.9 Å². The number of aromatic nitrogens is 1. The third-order valence-electron chi connectivity index (χ3n) is 7.95. The van der Waals surface area contributed by atoms with Crippen LogP contribution in [0.4, 0.5) is 10.2 Å². The molecule has 2 N–H and O–H groups in total. The summed E-state index contributed by atoms with van der Waals surface area (Å²) >= 11 is 5.97. The average molecular weight is 597 g/mol. The number of aliphatic hydroxyl groups excluding tert-OH is 1. The molecular weight excluding hydrogens is 563 g/mol. The molecule has 0 bridgehead atoms. The van der Waals surface area contributed by atoms with Gasteiger partial charge in [0.1, 0.15) is 30.9 Å². The Kier molecular flexibility index (Phi) is 8.64. The number of likely N-dealkylation sites (tertiary alicyclic amines) is 1. The predicted molar refractivity (Wildman–Crippen MR) is 156 cm³/mol. The van der Waals surface area contributed by atoms with Gasteiger partial charge in [0.05, 0.1) is 12.0 Å². The lowest BCUT2D eigenvalue weighted by Crippen LogP contribution is -2.48. The van der Waals surface area contributed by atoms with Gasteiger partial charge in [0.15, 0.2) is 17.3 Å². The van der Waals surface area contributed by atoms with Crippen LogP contribution in [0, 0.1) is 11.7 Å². The molecule has 0 saturated carbocycles. The molecule has 0 radical (unpaired) electrons. The van der Waals surface area contributed by atoms with Gasteiger partial charge < -0.3 is 34.4 Å². The van der Waals surface area contributed by atoms with Gasteiger partial charge in [-0.3, -0.25) is 4.79 Å². The fourth-order valence-electron chi connectivity index (χ4n) is 5.74. The Morgan fingerprint density at radius 3 is 2.71 bits per heavy atom. The molecule has 3 aliphatic heterocycles. The van der Waals surface area contributed by atoms with Crippen molar-refractivity contribution in [3.63, 3.8) is 0 Å². The molecule has 2 saturated heterocycles. The van der Waals surface area contributed by atoms with Crippen molar-refractivity contribution in [3.05, 3.63) is 71.0 Å². The Morgan fingerprint density at radius 1 is 1.12 bits per heavy atom. The highest BCUT2D eigenvalue weighted by molar-refractivity contribution is 6.30. The zero-order valence-corrected chi connectivity index (χ0v) is 23.9. The minimum Gasteiger partial charge on any atom is -0.486 e. The number of rotatable bonds is 9. The normalized spacial score (nSPS) is 19.9. The topological polar surface area (TPSA) is 96.4 Å². The second kappa shape index (κ2) is 12.7. The van der Waals surface area contributed by atoms with E-state index in [0.29, 0.717) is 54.9 Å². The van der Waals surface area contributed by atoms with Gasteiger partial charge in [-0.05, 0) is 80.4 Å². The number of fused-ring (bicyclic) bond motifs is 1. The molecule has 4 heterocycles. The Bertz CT molecular complexity index is 1400. The molecule has 9 nitrogen and oxygen atoms in total. The van der Waals surface area contributed by atoms with Gasteiger partial charge >= 0.3 is 0 Å². The number of benzene rings is 2. The Hall–Kier alpha value is -3.60. The van der Waals surface area contributed by atoms with Gasteiger partial charge in [-0.2, -0.15) is 4.98 Å². The standard InChI is InChI=1S/C31H34ClFN4O5/c32-22-6-8-23(9-7-22)42-28-5-3-4-27(35-28)37-13-10-20(18-37)31(39)34-25(19-36-11-1-2-12-36)29(38)21-16-24(33)30-26(17-21)40-14-15-41-30/h3-9,16-17,20,25,29,38H,1-2,10-15,18-19H2,(H,34,39). The lowest BCUT2D eigenvalue weighted by Gasteiger charge is -2.30. The first kappa shape index (κ1) is 28.5. The van der Waals surface area contributed by atoms with Gasteiger partial charge in [0.2, 0.25) is 11.8 Å². The van der Waals surface area contributed by atoms with Crippen LogP contribution in [0.1, 0.15) is 30.9 Å². The van der Waals surface area contributed by atoms with Gasteiger partial charge in [-0.15, -0.1) is 0 Å². The van der Waals surface area contributed by atoms with Crippen molar-refractivity contribution in [1.29, 1.82) is 0 Å². The van der Waals surface area contributed by atoms with Crippen molar-refractivity contribution in [2.45, 2.75) is 31.4 Å². The number of carbonyl (C=O) groups excluding carboxylic acids is 1. The number of nitrogens with zero attached hydrogens (tertiary/aromatic N) is 3. The maximum atomic E-state index is 14.8. The number of pyridine rings is 1. The largest absolute Gasteiger partial charge is 0.486 e. The highest BCUT2D eigenvalue weighted by Gasteiger charge is 2.34. The number of anilines is 1. The number of halogens is 2. The quantitative estimate of drug-likeness (QED) is 0.371. The Balaban J connectivity index is 1.13. The first-order valence-electron chi connectivity index (χ1n) is 14.4. The molecule has 42 heavy (non-hydrogen) atoms. The molecule has 3 aromatic rings. The van der Waals surface area contributed by atoms with Crippen LogP contribution in [0.5, 0.6) is 23.1 Å². The summed E-state index contributed by atoms with van der Waals surface area (Å²) in [4.78, 5) is 22.5. The molecule has 6 rings (SSSR count). The molecule has 2 aromatic carbocycles. The summed E-state index contributed by atoms with van der Waals surface area (Å²) in [5.74, 6) is 1.09. The van der Waals surface area contributed by atoms with E-state index in [0.717, 1.165) is 31.7 Å². The highest BCUT2D eigenvalue weighted by atomic mass is 35.5. The van der Waals surface area contributed by atoms with Crippen molar-refractivity contribution in [2.75, 3.05) is 50.8 Å². The van der Waals surface area contributed by atoms with E-state index in [9.17, 15) is 14.3 Å². The molecule has 0 spiro atoms. The van der Waals surface area contributed by atoms with E-state index in [1.807, 2.05) is 12.1 Å². The lowest BCUT2D eigenvalue weighted by atomic mass is 9.99. The number of ether oxygens (including phenoxy) is 3. The van der Waals surface area contributed by atoms with Gasteiger partial charge in [-0.1, -0.05) is 17.7 Å². The maximum absolute atomic E-state index is 14.8. The summed E-state index contributed by atoms with van der Waals surface area (Å²) in [6, 6.07) is 14.9. The Labute approximate surface area is 249 Å². The fourth-order valence-corrected chi connectivity index (χ4v) is 5.87. The smallest absolute Gasteiger partial charge is 0.225 e. The fraction of sp³-hybridized carbons (Fsp3) is 0.419. The van der Waals surface area contributed by atoms with Gasteiger partial charge in [0, 0.05) is 30.7 Å². The maximum Gasteiger partial charge on any atom is 0.225 e. The van der Waals surface area contributed by atoms with Crippen LogP contribution in [0.2, 0.25) is 5.02 Å². The van der Waals surface area contributed by atoms with Crippen molar-refractivity contribution in [1.82, 2.24) is 15.2 Å². The summed E-state index contributed by atoms with van der Waals surface area (Å²) in [5, 5.41) is 15.1. The summed E-state index contributed by atoms with van der Waals surface area (Å²) in [5.41, 5.74) is 0.344. The van der Waals surface area contributed by atoms with Gasteiger partial charge in [-0.25, -0.2) is 4.39 Å². The summed E-state index contributed by atoms with van der Waals surface area (Å²) in [7, 11) is 0. The van der Waals surface area contributed by atoms with Crippen LogP contribution in [0.3, 0.4) is 0 Å². The zero-order chi connectivity index (χ0) is 29.1. The number of aliphatic hydroxyl groups is 1. The SMILES string of the molecule is O=C(NC(CN1CCCC1)C(O)c1cc(F)c2c(c1)OCCO2)C1CCN(c2cccc(Oc3ccc(Cl)cc3)n2)C1. The van der Waals surface area contributed by atoms with Crippen LogP contribution < -0.4 is 24.4 Å². The van der Waals surface area contributed by atoms with Crippen LogP contribution in [0.15, 0.2) is 54.6 Å². The second-order valence-electron chi connectivity index (χ2n) is 10.9.